The zero-order chi connectivity index (χ0) is 13.6. The molecule has 0 fully saturated rings. The monoisotopic (exact) mass is 249 g/mol. The fourth-order valence-corrected chi connectivity index (χ4v) is 1.74. The normalized spacial score (nSPS) is 12.9. The molecular weight excluding hydrogens is 226 g/mol. The van der Waals surface area contributed by atoms with E-state index < -0.39 is 5.60 Å². The van der Waals surface area contributed by atoms with Gasteiger partial charge in [-0.2, -0.15) is 0 Å². The van der Waals surface area contributed by atoms with Gasteiger partial charge in [0.2, 0.25) is 0 Å². The molecule has 0 bridgehead atoms. The third-order valence-electron chi connectivity index (χ3n) is 2.66. The van der Waals surface area contributed by atoms with Crippen molar-refractivity contribution in [2.45, 2.75) is 45.6 Å². The van der Waals surface area contributed by atoms with Crippen LogP contribution in [-0.2, 0) is 4.74 Å². The highest BCUT2D eigenvalue weighted by Crippen LogP contribution is 2.18. The number of hydrogen-bond donors (Lipinski definition) is 1. The lowest BCUT2D eigenvalue weighted by Gasteiger charge is -2.21. The standard InChI is InChI=1S/C15H23NO2/c1-5-12(13-9-7-6-8-10-13)11-16-14(17)18-15(2,3)4/h6-10,12H,5,11H2,1-4H3,(H,16,17). The van der Waals surface area contributed by atoms with Crippen LogP contribution in [0.15, 0.2) is 30.3 Å². The summed E-state index contributed by atoms with van der Waals surface area (Å²) in [5, 5.41) is 2.83. The second-order valence-corrected chi connectivity index (χ2v) is 5.40. The smallest absolute Gasteiger partial charge is 0.407 e. The number of benzene rings is 1. The van der Waals surface area contributed by atoms with Crippen molar-refractivity contribution < 1.29 is 9.53 Å². The lowest BCUT2D eigenvalue weighted by Crippen LogP contribution is -2.34. The molecule has 0 spiro atoms. The molecule has 0 aliphatic carbocycles. The Bertz CT molecular complexity index is 368. The lowest BCUT2D eigenvalue weighted by molar-refractivity contribution is 0.0524. The molecule has 3 heteroatoms. The topological polar surface area (TPSA) is 38.3 Å². The quantitative estimate of drug-likeness (QED) is 0.883. The first kappa shape index (κ1) is 14.6. The van der Waals surface area contributed by atoms with Crippen molar-refractivity contribution in [2.75, 3.05) is 6.54 Å². The minimum absolute atomic E-state index is 0.332. The molecule has 0 aliphatic heterocycles. The Morgan fingerprint density at radius 2 is 1.89 bits per heavy atom. The summed E-state index contributed by atoms with van der Waals surface area (Å²) in [6, 6.07) is 10.2. The van der Waals surface area contributed by atoms with E-state index in [1.807, 2.05) is 39.0 Å². The molecule has 0 saturated heterocycles. The molecule has 0 aromatic heterocycles. The number of rotatable bonds is 4. The van der Waals surface area contributed by atoms with Gasteiger partial charge in [0, 0.05) is 12.5 Å². The first-order valence-electron chi connectivity index (χ1n) is 6.44. The fraction of sp³-hybridized carbons (Fsp3) is 0.533. The van der Waals surface area contributed by atoms with E-state index in [0.29, 0.717) is 12.5 Å². The largest absolute Gasteiger partial charge is 0.444 e. The first-order chi connectivity index (χ1) is 8.42. The molecule has 0 heterocycles. The van der Waals surface area contributed by atoms with Crippen molar-refractivity contribution >= 4 is 6.09 Å². The summed E-state index contributed by atoms with van der Waals surface area (Å²) in [5.41, 5.74) is 0.800. The minimum atomic E-state index is -0.446. The Morgan fingerprint density at radius 3 is 2.39 bits per heavy atom. The van der Waals surface area contributed by atoms with Crippen molar-refractivity contribution in [3.63, 3.8) is 0 Å². The molecule has 1 amide bonds. The summed E-state index contributed by atoms with van der Waals surface area (Å²) in [4.78, 5) is 11.6. The molecule has 1 rings (SSSR count). The molecule has 1 N–H and O–H groups in total. The summed E-state index contributed by atoms with van der Waals surface area (Å²) < 4.78 is 5.22. The van der Waals surface area contributed by atoms with E-state index in [0.717, 1.165) is 6.42 Å². The molecule has 0 aliphatic rings. The average molecular weight is 249 g/mol. The number of amides is 1. The zero-order valence-corrected chi connectivity index (χ0v) is 11.7. The van der Waals surface area contributed by atoms with Crippen LogP contribution in [0.4, 0.5) is 4.79 Å². The highest BCUT2D eigenvalue weighted by molar-refractivity contribution is 5.67. The van der Waals surface area contributed by atoms with E-state index in [1.165, 1.54) is 5.56 Å². The Morgan fingerprint density at radius 1 is 1.28 bits per heavy atom. The second kappa shape index (κ2) is 6.43. The summed E-state index contributed by atoms with van der Waals surface area (Å²) in [6.45, 7) is 8.31. The maximum Gasteiger partial charge on any atom is 0.407 e. The molecule has 1 unspecified atom stereocenters. The molecule has 100 valence electrons. The number of hydrogen-bond acceptors (Lipinski definition) is 2. The van der Waals surface area contributed by atoms with Crippen LogP contribution in [0, 0.1) is 0 Å². The maximum absolute atomic E-state index is 11.6. The molecule has 0 saturated carbocycles. The number of carbonyl (C=O) groups excluding carboxylic acids is 1. The van der Waals surface area contributed by atoms with Gasteiger partial charge in [-0.05, 0) is 32.8 Å². The van der Waals surface area contributed by atoms with Crippen molar-refractivity contribution in [1.29, 1.82) is 0 Å². The van der Waals surface area contributed by atoms with E-state index >= 15 is 0 Å². The third kappa shape index (κ3) is 5.21. The molecule has 0 radical (unpaired) electrons. The summed E-state index contributed by atoms with van der Waals surface area (Å²) in [5.74, 6) is 0.332. The number of nitrogens with one attached hydrogen (secondary N) is 1. The van der Waals surface area contributed by atoms with Gasteiger partial charge in [0.05, 0.1) is 0 Å². The average Bonchev–Trinajstić information content (AvgIpc) is 2.29. The van der Waals surface area contributed by atoms with Gasteiger partial charge in [-0.25, -0.2) is 4.79 Å². The second-order valence-electron chi connectivity index (χ2n) is 5.40. The fourth-order valence-electron chi connectivity index (χ4n) is 1.74. The molecular formula is C15H23NO2. The molecule has 1 aromatic carbocycles. The van der Waals surface area contributed by atoms with Gasteiger partial charge in [0.15, 0.2) is 0 Å². The minimum Gasteiger partial charge on any atom is -0.444 e. The number of ether oxygens (including phenoxy) is 1. The predicted octanol–water partition coefficient (Wildman–Crippen LogP) is 3.70. The van der Waals surface area contributed by atoms with Crippen LogP contribution in [0.3, 0.4) is 0 Å². The highest BCUT2D eigenvalue weighted by atomic mass is 16.6. The molecule has 1 aromatic rings. The van der Waals surface area contributed by atoms with E-state index in [1.54, 1.807) is 0 Å². The summed E-state index contributed by atoms with van der Waals surface area (Å²) in [7, 11) is 0. The first-order valence-corrected chi connectivity index (χ1v) is 6.44. The zero-order valence-electron chi connectivity index (χ0n) is 11.7. The maximum atomic E-state index is 11.6. The van der Waals surface area contributed by atoms with Crippen LogP contribution in [0.2, 0.25) is 0 Å². The van der Waals surface area contributed by atoms with Gasteiger partial charge in [0.1, 0.15) is 5.60 Å². The van der Waals surface area contributed by atoms with Gasteiger partial charge in [-0.1, -0.05) is 37.3 Å². The summed E-state index contributed by atoms with van der Waals surface area (Å²) in [6.07, 6.45) is 0.636. The highest BCUT2D eigenvalue weighted by Gasteiger charge is 2.17. The van der Waals surface area contributed by atoms with Crippen LogP contribution in [-0.4, -0.2) is 18.2 Å². The van der Waals surface area contributed by atoms with Crippen molar-refractivity contribution in [3.8, 4) is 0 Å². The Hall–Kier alpha value is -1.51. The Kier molecular flexibility index (Phi) is 5.20. The van der Waals surface area contributed by atoms with Crippen molar-refractivity contribution in [2.24, 2.45) is 0 Å². The summed E-state index contributed by atoms with van der Waals surface area (Å²) >= 11 is 0. The van der Waals surface area contributed by atoms with Crippen LogP contribution in [0.25, 0.3) is 0 Å². The van der Waals surface area contributed by atoms with Crippen LogP contribution >= 0.6 is 0 Å². The SMILES string of the molecule is CCC(CNC(=O)OC(C)(C)C)c1ccccc1. The van der Waals surface area contributed by atoms with Gasteiger partial charge >= 0.3 is 6.09 Å². The van der Waals surface area contributed by atoms with Gasteiger partial charge in [-0.3, -0.25) is 0 Å². The van der Waals surface area contributed by atoms with E-state index in [2.05, 4.69) is 24.4 Å². The molecule has 1 atom stereocenters. The van der Waals surface area contributed by atoms with E-state index in [4.69, 9.17) is 4.74 Å². The van der Waals surface area contributed by atoms with E-state index in [-0.39, 0.29) is 6.09 Å². The lowest BCUT2D eigenvalue weighted by atomic mass is 9.97. The van der Waals surface area contributed by atoms with Crippen LogP contribution in [0.5, 0.6) is 0 Å². The van der Waals surface area contributed by atoms with Gasteiger partial charge in [-0.15, -0.1) is 0 Å². The molecule has 18 heavy (non-hydrogen) atoms. The third-order valence-corrected chi connectivity index (χ3v) is 2.66. The van der Waals surface area contributed by atoms with Crippen LogP contribution in [0.1, 0.15) is 45.6 Å². The predicted molar refractivity (Wildman–Crippen MR) is 73.7 cm³/mol. The van der Waals surface area contributed by atoms with Crippen molar-refractivity contribution in [1.82, 2.24) is 5.32 Å². The van der Waals surface area contributed by atoms with Gasteiger partial charge in [0.25, 0.3) is 0 Å². The number of carbonyl (C=O) groups is 1. The van der Waals surface area contributed by atoms with Crippen LogP contribution < -0.4 is 5.32 Å². The van der Waals surface area contributed by atoms with E-state index in [9.17, 15) is 4.79 Å². The number of alkyl carbamates (subject to hydrolysis) is 1. The Balaban J connectivity index is 2.48. The molecule has 3 nitrogen and oxygen atoms in total. The Labute approximate surface area is 110 Å². The van der Waals surface area contributed by atoms with Gasteiger partial charge < -0.3 is 10.1 Å². The van der Waals surface area contributed by atoms with Crippen molar-refractivity contribution in [3.05, 3.63) is 35.9 Å².